The molecule has 2 aromatic heterocycles. The average molecular weight is 405 g/mol. The normalized spacial score (nSPS) is 22.6. The Morgan fingerprint density at radius 1 is 1.14 bits per heavy atom. The number of aromatic nitrogens is 4. The van der Waals surface area contributed by atoms with Gasteiger partial charge in [0, 0.05) is 50.2 Å². The van der Waals surface area contributed by atoms with Crippen LogP contribution in [0.5, 0.6) is 0 Å². The Labute approximate surface area is 166 Å². The second kappa shape index (κ2) is 8.16. The lowest BCUT2D eigenvalue weighted by atomic mass is 10.00. The van der Waals surface area contributed by atoms with Crippen molar-refractivity contribution in [2.24, 2.45) is 5.92 Å². The summed E-state index contributed by atoms with van der Waals surface area (Å²) in [6.45, 7) is 5.75. The molecule has 0 spiro atoms. The van der Waals surface area contributed by atoms with Gasteiger partial charge in [0.2, 0.25) is 5.95 Å². The van der Waals surface area contributed by atoms with E-state index in [0.717, 1.165) is 42.8 Å². The van der Waals surface area contributed by atoms with Gasteiger partial charge in [-0.15, -0.1) is 0 Å². The molecule has 0 bridgehead atoms. The SMILES string of the molecule is CC1CCN(c2ncc(-c3cncn3CCN[C@@H]3CCS(=O)(=O)C3)cn2)CC1. The highest BCUT2D eigenvalue weighted by Crippen LogP contribution is 2.22. The molecule has 2 fully saturated rings. The van der Waals surface area contributed by atoms with Gasteiger partial charge in [0.15, 0.2) is 9.84 Å². The van der Waals surface area contributed by atoms with Crippen LogP contribution in [0.3, 0.4) is 0 Å². The van der Waals surface area contributed by atoms with E-state index in [1.54, 1.807) is 6.33 Å². The molecule has 28 heavy (non-hydrogen) atoms. The standard InChI is InChI=1S/C19H28N6O2S/c1-15-2-6-24(7-3-15)19-22-10-16(11-23-19)18-12-20-14-25(18)8-5-21-17-4-9-28(26,27)13-17/h10-12,14-15,17,21H,2-9,13H2,1H3/t17-/m1/s1. The van der Waals surface area contributed by atoms with Gasteiger partial charge in [-0.3, -0.25) is 0 Å². The van der Waals surface area contributed by atoms with Crippen LogP contribution in [-0.4, -0.2) is 65.1 Å². The van der Waals surface area contributed by atoms with Gasteiger partial charge < -0.3 is 14.8 Å². The first-order valence-corrected chi connectivity index (χ1v) is 11.8. The zero-order chi connectivity index (χ0) is 19.6. The van der Waals surface area contributed by atoms with E-state index in [0.29, 0.717) is 18.7 Å². The van der Waals surface area contributed by atoms with Gasteiger partial charge in [-0.2, -0.15) is 0 Å². The van der Waals surface area contributed by atoms with Gasteiger partial charge in [0.05, 0.1) is 29.7 Å². The third kappa shape index (κ3) is 4.52. The van der Waals surface area contributed by atoms with Crippen molar-refractivity contribution in [1.29, 1.82) is 0 Å². The summed E-state index contributed by atoms with van der Waals surface area (Å²) < 4.78 is 25.2. The molecule has 2 aliphatic rings. The van der Waals surface area contributed by atoms with Gasteiger partial charge in [-0.1, -0.05) is 6.92 Å². The van der Waals surface area contributed by atoms with Crippen molar-refractivity contribution in [3.05, 3.63) is 24.9 Å². The van der Waals surface area contributed by atoms with Crippen molar-refractivity contribution in [3.8, 4) is 11.3 Å². The van der Waals surface area contributed by atoms with Gasteiger partial charge in [0.1, 0.15) is 0 Å². The topological polar surface area (TPSA) is 93.0 Å². The summed E-state index contributed by atoms with van der Waals surface area (Å²) in [5.74, 6) is 2.11. The minimum absolute atomic E-state index is 0.0619. The van der Waals surface area contributed by atoms with Crippen LogP contribution in [-0.2, 0) is 16.4 Å². The molecule has 1 atom stereocenters. The largest absolute Gasteiger partial charge is 0.341 e. The van der Waals surface area contributed by atoms with E-state index in [4.69, 9.17) is 0 Å². The third-order valence-corrected chi connectivity index (χ3v) is 7.50. The van der Waals surface area contributed by atoms with Crippen molar-refractivity contribution >= 4 is 15.8 Å². The zero-order valence-corrected chi connectivity index (χ0v) is 17.1. The van der Waals surface area contributed by atoms with Crippen molar-refractivity contribution < 1.29 is 8.42 Å². The lowest BCUT2D eigenvalue weighted by Gasteiger charge is -2.30. The molecule has 0 radical (unpaired) electrons. The van der Waals surface area contributed by atoms with Crippen molar-refractivity contribution in [2.75, 3.05) is 36.0 Å². The van der Waals surface area contributed by atoms with Crippen LogP contribution in [0.4, 0.5) is 5.95 Å². The van der Waals surface area contributed by atoms with Crippen LogP contribution in [0.1, 0.15) is 26.2 Å². The monoisotopic (exact) mass is 404 g/mol. The molecule has 4 heterocycles. The van der Waals surface area contributed by atoms with Crippen LogP contribution in [0.2, 0.25) is 0 Å². The lowest BCUT2D eigenvalue weighted by molar-refractivity contribution is 0.434. The number of nitrogens with one attached hydrogen (secondary N) is 1. The van der Waals surface area contributed by atoms with Crippen LogP contribution < -0.4 is 10.2 Å². The molecule has 2 aliphatic heterocycles. The van der Waals surface area contributed by atoms with Gasteiger partial charge >= 0.3 is 0 Å². The second-order valence-corrected chi connectivity index (χ2v) is 10.2. The van der Waals surface area contributed by atoms with E-state index in [1.807, 2.05) is 18.6 Å². The molecule has 0 aliphatic carbocycles. The molecule has 9 heteroatoms. The highest BCUT2D eigenvalue weighted by atomic mass is 32.2. The number of anilines is 1. The quantitative estimate of drug-likeness (QED) is 0.777. The molecular formula is C19H28N6O2S. The molecule has 2 saturated heterocycles. The van der Waals surface area contributed by atoms with Crippen LogP contribution in [0.15, 0.2) is 24.9 Å². The average Bonchev–Trinajstić information content (AvgIpc) is 3.29. The maximum absolute atomic E-state index is 11.6. The number of hydrogen-bond donors (Lipinski definition) is 1. The summed E-state index contributed by atoms with van der Waals surface area (Å²) in [6, 6.07) is 0.0619. The highest BCUT2D eigenvalue weighted by molar-refractivity contribution is 7.91. The fourth-order valence-electron chi connectivity index (χ4n) is 3.91. The van der Waals surface area contributed by atoms with Crippen molar-refractivity contribution in [3.63, 3.8) is 0 Å². The van der Waals surface area contributed by atoms with Gasteiger partial charge in [-0.05, 0) is 25.2 Å². The summed E-state index contributed by atoms with van der Waals surface area (Å²) in [5, 5.41) is 3.34. The van der Waals surface area contributed by atoms with Crippen molar-refractivity contribution in [2.45, 2.75) is 38.8 Å². The zero-order valence-electron chi connectivity index (χ0n) is 16.3. The maximum atomic E-state index is 11.6. The first-order chi connectivity index (χ1) is 13.5. The summed E-state index contributed by atoms with van der Waals surface area (Å²) in [5.41, 5.74) is 1.91. The summed E-state index contributed by atoms with van der Waals surface area (Å²) in [6.07, 6.45) is 10.4. The van der Waals surface area contributed by atoms with Gasteiger partial charge in [-0.25, -0.2) is 23.4 Å². The molecular weight excluding hydrogens is 376 g/mol. The molecule has 0 aromatic carbocycles. The first-order valence-electron chi connectivity index (χ1n) is 10.0. The Kier molecular flexibility index (Phi) is 5.63. The molecule has 4 rings (SSSR count). The predicted octanol–water partition coefficient (Wildman–Crippen LogP) is 1.35. The highest BCUT2D eigenvalue weighted by Gasteiger charge is 2.27. The predicted molar refractivity (Wildman–Crippen MR) is 109 cm³/mol. The molecule has 0 unspecified atom stereocenters. The van der Waals surface area contributed by atoms with Gasteiger partial charge in [0.25, 0.3) is 0 Å². The Morgan fingerprint density at radius 2 is 1.89 bits per heavy atom. The van der Waals surface area contributed by atoms with Crippen molar-refractivity contribution in [1.82, 2.24) is 24.8 Å². The molecule has 1 N–H and O–H groups in total. The lowest BCUT2D eigenvalue weighted by Crippen LogP contribution is -2.34. The number of hydrogen-bond acceptors (Lipinski definition) is 7. The van der Waals surface area contributed by atoms with Crippen LogP contribution in [0, 0.1) is 5.92 Å². The smallest absolute Gasteiger partial charge is 0.225 e. The number of piperidine rings is 1. The van der Waals surface area contributed by atoms with E-state index in [1.165, 1.54) is 12.8 Å². The number of rotatable bonds is 6. The fraction of sp³-hybridized carbons (Fsp3) is 0.632. The van der Waals surface area contributed by atoms with E-state index < -0.39 is 9.84 Å². The molecule has 0 saturated carbocycles. The first kappa shape index (κ1) is 19.3. The maximum Gasteiger partial charge on any atom is 0.225 e. The summed E-state index contributed by atoms with van der Waals surface area (Å²) >= 11 is 0. The summed E-state index contributed by atoms with van der Waals surface area (Å²) in [7, 11) is -2.85. The second-order valence-electron chi connectivity index (χ2n) is 7.97. The number of imidazole rings is 1. The summed E-state index contributed by atoms with van der Waals surface area (Å²) in [4.78, 5) is 15.7. The Hall–Kier alpha value is -2.00. The minimum Gasteiger partial charge on any atom is -0.341 e. The number of nitrogens with zero attached hydrogens (tertiary/aromatic N) is 5. The molecule has 152 valence electrons. The molecule has 2 aromatic rings. The molecule has 0 amide bonds. The van der Waals surface area contributed by atoms with E-state index in [-0.39, 0.29) is 11.8 Å². The van der Waals surface area contributed by atoms with Crippen LogP contribution >= 0.6 is 0 Å². The van der Waals surface area contributed by atoms with E-state index in [2.05, 4.69) is 36.7 Å². The Morgan fingerprint density at radius 3 is 2.57 bits per heavy atom. The van der Waals surface area contributed by atoms with Crippen LogP contribution in [0.25, 0.3) is 11.3 Å². The fourth-order valence-corrected chi connectivity index (χ4v) is 5.62. The Balaban J connectivity index is 1.35. The van der Waals surface area contributed by atoms with E-state index in [9.17, 15) is 8.42 Å². The third-order valence-electron chi connectivity index (χ3n) is 5.73. The molecule has 8 nitrogen and oxygen atoms in total. The number of sulfone groups is 1. The van der Waals surface area contributed by atoms with E-state index >= 15 is 0 Å². The minimum atomic E-state index is -2.85. The Bertz CT molecular complexity index is 887.